The molecular weight excluding hydrogens is 418 g/mol. The van der Waals surface area contributed by atoms with E-state index in [4.69, 9.17) is 4.74 Å². The number of ether oxygens (including phenoxy) is 1. The Morgan fingerprint density at radius 1 is 1.12 bits per heavy atom. The fraction of sp³-hybridized carbons (Fsp3) is 0.520. The number of rotatable bonds is 11. The lowest BCUT2D eigenvalue weighted by Gasteiger charge is -2.29. The first-order valence-electron chi connectivity index (χ1n) is 11.2. The second kappa shape index (κ2) is 12.3. The Kier molecular flexibility index (Phi) is 9.84. The summed E-state index contributed by atoms with van der Waals surface area (Å²) >= 11 is 1.20. The van der Waals surface area contributed by atoms with Gasteiger partial charge < -0.3 is 9.64 Å². The van der Waals surface area contributed by atoms with Crippen molar-refractivity contribution in [3.05, 3.63) is 39.8 Å². The molecule has 1 atom stereocenters. The minimum Gasteiger partial charge on any atom is -0.378 e. The third-order valence-electron chi connectivity index (χ3n) is 5.36. The summed E-state index contributed by atoms with van der Waals surface area (Å²) in [6.45, 7) is 15.0. The van der Waals surface area contributed by atoms with E-state index in [-0.39, 0.29) is 6.10 Å². The second-order valence-corrected chi connectivity index (χ2v) is 9.21. The van der Waals surface area contributed by atoms with Crippen molar-refractivity contribution < 1.29 is 4.74 Å². The van der Waals surface area contributed by atoms with Crippen LogP contribution in [0.15, 0.2) is 28.4 Å². The van der Waals surface area contributed by atoms with Crippen LogP contribution in [0, 0.1) is 42.4 Å². The third kappa shape index (κ3) is 6.63. The molecule has 32 heavy (non-hydrogen) atoms. The summed E-state index contributed by atoms with van der Waals surface area (Å²) in [7, 11) is 0. The number of nitrogens with zero attached hydrogens (tertiary/aromatic N) is 5. The highest BCUT2D eigenvalue weighted by molar-refractivity contribution is 7.16. The molecule has 0 saturated carbocycles. The van der Waals surface area contributed by atoms with E-state index in [0.717, 1.165) is 49.5 Å². The van der Waals surface area contributed by atoms with Crippen LogP contribution in [0.25, 0.3) is 0 Å². The van der Waals surface area contributed by atoms with Crippen molar-refractivity contribution in [3.8, 4) is 12.1 Å². The van der Waals surface area contributed by atoms with Crippen LogP contribution in [0.3, 0.4) is 0 Å². The number of nitriles is 2. The predicted molar refractivity (Wildman–Crippen MR) is 131 cm³/mol. The molecule has 0 saturated heterocycles. The van der Waals surface area contributed by atoms with Crippen molar-refractivity contribution in [1.82, 2.24) is 0 Å². The van der Waals surface area contributed by atoms with Gasteiger partial charge in [-0.2, -0.15) is 10.5 Å². The van der Waals surface area contributed by atoms with E-state index in [9.17, 15) is 10.5 Å². The molecule has 2 aromatic rings. The van der Waals surface area contributed by atoms with E-state index < -0.39 is 0 Å². The molecule has 170 valence electrons. The summed E-state index contributed by atoms with van der Waals surface area (Å²) in [5.41, 5.74) is 4.02. The van der Waals surface area contributed by atoms with Crippen molar-refractivity contribution in [2.45, 2.75) is 60.5 Å². The molecule has 0 aliphatic carbocycles. The van der Waals surface area contributed by atoms with Crippen LogP contribution in [0.5, 0.6) is 0 Å². The molecule has 1 aromatic carbocycles. The van der Waals surface area contributed by atoms with Gasteiger partial charge in [0.25, 0.3) is 0 Å². The third-order valence-corrected chi connectivity index (χ3v) is 6.44. The van der Waals surface area contributed by atoms with E-state index >= 15 is 0 Å². The summed E-state index contributed by atoms with van der Waals surface area (Å²) in [5, 5.41) is 27.7. The number of thiophene rings is 1. The zero-order valence-electron chi connectivity index (χ0n) is 20.0. The average Bonchev–Trinajstić information content (AvgIpc) is 3.09. The molecule has 0 spiro atoms. The molecule has 1 heterocycles. The monoisotopic (exact) mass is 451 g/mol. The van der Waals surface area contributed by atoms with Crippen molar-refractivity contribution >= 4 is 27.7 Å². The number of benzene rings is 1. The Bertz CT molecular complexity index is 1010. The zero-order valence-corrected chi connectivity index (χ0v) is 20.8. The minimum absolute atomic E-state index is 0.245. The first kappa shape index (κ1) is 25.5. The Labute approximate surface area is 196 Å². The topological polar surface area (TPSA) is 84.8 Å². The van der Waals surface area contributed by atoms with Gasteiger partial charge >= 0.3 is 0 Å². The maximum atomic E-state index is 9.39. The maximum absolute atomic E-state index is 9.39. The molecule has 0 bridgehead atoms. The molecule has 6 nitrogen and oxygen atoms in total. The first-order valence-corrected chi connectivity index (χ1v) is 12.0. The second-order valence-electron chi connectivity index (χ2n) is 8.21. The van der Waals surface area contributed by atoms with E-state index in [0.29, 0.717) is 26.9 Å². The quantitative estimate of drug-likeness (QED) is 0.338. The van der Waals surface area contributed by atoms with Gasteiger partial charge in [0.2, 0.25) is 0 Å². The normalized spacial score (nSPS) is 12.2. The van der Waals surface area contributed by atoms with E-state index in [2.05, 4.69) is 67.1 Å². The summed E-state index contributed by atoms with van der Waals surface area (Å²) in [4.78, 5) is 2.89. The Morgan fingerprint density at radius 2 is 1.88 bits per heavy atom. The highest BCUT2D eigenvalue weighted by atomic mass is 32.1. The SMILES string of the molecule is CCCC(COC(C)C)CN(CC)c1ccc(N=Nc2sc(C#N)c(C)c2C#N)c(C)c1. The first-order chi connectivity index (χ1) is 15.3. The average molecular weight is 452 g/mol. The van der Waals surface area contributed by atoms with Crippen molar-refractivity contribution in [2.24, 2.45) is 16.1 Å². The van der Waals surface area contributed by atoms with Gasteiger partial charge in [-0.15, -0.1) is 21.6 Å². The van der Waals surface area contributed by atoms with Gasteiger partial charge in [0.05, 0.1) is 24.0 Å². The van der Waals surface area contributed by atoms with E-state index in [1.165, 1.54) is 11.3 Å². The van der Waals surface area contributed by atoms with Crippen LogP contribution in [-0.4, -0.2) is 25.8 Å². The molecule has 7 heteroatoms. The molecule has 0 aliphatic rings. The highest BCUT2D eigenvalue weighted by Gasteiger charge is 2.16. The van der Waals surface area contributed by atoms with Gasteiger partial charge in [0.15, 0.2) is 5.00 Å². The van der Waals surface area contributed by atoms with Crippen LogP contribution in [0.2, 0.25) is 0 Å². The molecular formula is C25H33N5OS. The molecule has 1 unspecified atom stereocenters. The van der Waals surface area contributed by atoms with E-state index in [1.807, 2.05) is 13.0 Å². The van der Waals surface area contributed by atoms with Crippen molar-refractivity contribution in [3.63, 3.8) is 0 Å². The molecule has 0 N–H and O–H groups in total. The lowest BCUT2D eigenvalue weighted by molar-refractivity contribution is 0.0504. The van der Waals surface area contributed by atoms with Gasteiger partial charge in [0.1, 0.15) is 17.0 Å². The fourth-order valence-corrected chi connectivity index (χ4v) is 4.42. The number of hydrogen-bond acceptors (Lipinski definition) is 7. The lowest BCUT2D eigenvalue weighted by Crippen LogP contribution is -2.32. The van der Waals surface area contributed by atoms with Gasteiger partial charge in [-0.05, 0) is 76.3 Å². The molecule has 1 aromatic heterocycles. The van der Waals surface area contributed by atoms with Crippen molar-refractivity contribution in [2.75, 3.05) is 24.6 Å². The highest BCUT2D eigenvalue weighted by Crippen LogP contribution is 2.36. The predicted octanol–water partition coefficient (Wildman–Crippen LogP) is 7.19. The molecule has 0 radical (unpaired) electrons. The summed E-state index contributed by atoms with van der Waals surface area (Å²) < 4.78 is 5.90. The zero-order chi connectivity index (χ0) is 23.7. The molecule has 0 fully saturated rings. The van der Waals surface area contributed by atoms with Gasteiger partial charge in [0, 0.05) is 18.8 Å². The van der Waals surface area contributed by atoms with Gasteiger partial charge in [-0.1, -0.05) is 13.3 Å². The molecule has 2 rings (SSSR count). The Hall–Kier alpha value is -2.74. The van der Waals surface area contributed by atoms with Crippen LogP contribution < -0.4 is 4.90 Å². The Balaban J connectivity index is 2.20. The van der Waals surface area contributed by atoms with Gasteiger partial charge in [-0.3, -0.25) is 0 Å². The number of aryl methyl sites for hydroxylation is 1. The standard InChI is InChI=1S/C25H33N5OS/c1-7-9-20(16-31-17(3)4)15-30(8-2)21-10-11-23(18(5)12-21)28-29-25-22(13-26)19(6)24(14-27)32-25/h10-12,17,20H,7-9,15-16H2,1-6H3. The number of azo groups is 1. The number of hydrogen-bond donors (Lipinski definition) is 0. The van der Waals surface area contributed by atoms with Crippen LogP contribution in [-0.2, 0) is 4.74 Å². The Morgan fingerprint density at radius 3 is 2.44 bits per heavy atom. The van der Waals surface area contributed by atoms with E-state index in [1.54, 1.807) is 6.92 Å². The maximum Gasteiger partial charge on any atom is 0.158 e. The largest absolute Gasteiger partial charge is 0.378 e. The number of anilines is 1. The van der Waals surface area contributed by atoms with Crippen molar-refractivity contribution in [1.29, 1.82) is 10.5 Å². The molecule has 0 amide bonds. The lowest BCUT2D eigenvalue weighted by atomic mass is 10.0. The van der Waals surface area contributed by atoms with Crippen LogP contribution >= 0.6 is 11.3 Å². The summed E-state index contributed by atoms with van der Waals surface area (Å²) in [6.07, 6.45) is 2.53. The summed E-state index contributed by atoms with van der Waals surface area (Å²) in [5.74, 6) is 0.489. The summed E-state index contributed by atoms with van der Waals surface area (Å²) in [6, 6.07) is 10.4. The smallest absolute Gasteiger partial charge is 0.158 e. The molecule has 0 aliphatic heterocycles. The van der Waals surface area contributed by atoms with Crippen LogP contribution in [0.4, 0.5) is 16.4 Å². The van der Waals surface area contributed by atoms with Crippen LogP contribution in [0.1, 0.15) is 62.1 Å². The fourth-order valence-electron chi connectivity index (χ4n) is 3.55. The van der Waals surface area contributed by atoms with Gasteiger partial charge in [-0.25, -0.2) is 0 Å². The minimum atomic E-state index is 0.245.